The quantitative estimate of drug-likeness (QED) is 0.844. The van der Waals surface area contributed by atoms with E-state index >= 15 is 0 Å². The minimum atomic E-state index is -4.11. The zero-order valence-corrected chi connectivity index (χ0v) is 13.7. The van der Waals surface area contributed by atoms with E-state index in [1.54, 1.807) is 12.1 Å². The van der Waals surface area contributed by atoms with E-state index in [9.17, 15) is 13.2 Å². The topological polar surface area (TPSA) is 72.5 Å². The molecule has 116 valence electrons. The molecule has 0 saturated heterocycles. The second-order valence-corrected chi connectivity index (χ2v) is 6.65. The molecule has 2 aromatic carbocycles. The molecule has 0 aliphatic heterocycles. The van der Waals surface area contributed by atoms with Crippen molar-refractivity contribution in [2.24, 2.45) is 0 Å². The third-order valence-corrected chi connectivity index (χ3v) is 4.55. The van der Waals surface area contributed by atoms with Crippen LogP contribution in [0.1, 0.15) is 6.92 Å². The van der Waals surface area contributed by atoms with Crippen molar-refractivity contribution in [2.45, 2.75) is 11.8 Å². The highest BCUT2D eigenvalue weighted by Crippen LogP contribution is 2.30. The summed E-state index contributed by atoms with van der Waals surface area (Å²) in [6.45, 7) is 1.31. The van der Waals surface area contributed by atoms with Gasteiger partial charge < -0.3 is 9.50 Å². The molecule has 0 aromatic heterocycles. The Kier molecular flexibility index (Phi) is 4.95. The SMILES string of the molecule is CC(=O)Nc1ccccc1OS(=O)(=O)c1ccc(Cl)c(Cl)c1. The fourth-order valence-electron chi connectivity index (χ4n) is 1.63. The lowest BCUT2D eigenvalue weighted by atomic mass is 10.3. The second kappa shape index (κ2) is 6.56. The number of anilines is 1. The first kappa shape index (κ1) is 16.6. The number of benzene rings is 2. The molecule has 0 spiro atoms. The number of halogens is 2. The molecule has 0 atom stereocenters. The zero-order chi connectivity index (χ0) is 16.3. The molecule has 0 saturated carbocycles. The molecule has 1 amide bonds. The Morgan fingerprint density at radius 2 is 1.77 bits per heavy atom. The highest BCUT2D eigenvalue weighted by Gasteiger charge is 2.20. The van der Waals surface area contributed by atoms with E-state index < -0.39 is 10.1 Å². The number of hydrogen-bond acceptors (Lipinski definition) is 4. The van der Waals surface area contributed by atoms with Gasteiger partial charge in [0.15, 0.2) is 5.75 Å². The summed E-state index contributed by atoms with van der Waals surface area (Å²) in [4.78, 5) is 11.0. The maximum absolute atomic E-state index is 12.3. The van der Waals surface area contributed by atoms with Crippen molar-refractivity contribution in [3.63, 3.8) is 0 Å². The van der Waals surface area contributed by atoms with Gasteiger partial charge in [-0.15, -0.1) is 0 Å². The van der Waals surface area contributed by atoms with Crippen LogP contribution in [-0.2, 0) is 14.9 Å². The molecule has 0 aliphatic rings. The average Bonchev–Trinajstić information content (AvgIpc) is 2.43. The Hall–Kier alpha value is -1.76. The predicted molar refractivity (Wildman–Crippen MR) is 85.0 cm³/mol. The number of nitrogens with one attached hydrogen (secondary N) is 1. The summed E-state index contributed by atoms with van der Waals surface area (Å²) in [5.41, 5.74) is 0.249. The van der Waals surface area contributed by atoms with Crippen LogP contribution in [0.5, 0.6) is 5.75 Å². The van der Waals surface area contributed by atoms with E-state index in [1.165, 1.54) is 37.3 Å². The summed E-state index contributed by atoms with van der Waals surface area (Å²) in [7, 11) is -4.11. The smallest absolute Gasteiger partial charge is 0.339 e. The Balaban J connectivity index is 2.36. The fraction of sp³-hybridized carbons (Fsp3) is 0.0714. The van der Waals surface area contributed by atoms with Crippen molar-refractivity contribution in [1.82, 2.24) is 0 Å². The molecule has 0 radical (unpaired) electrons. The molecule has 8 heteroatoms. The maximum atomic E-state index is 12.3. The van der Waals surface area contributed by atoms with Crippen LogP contribution < -0.4 is 9.50 Å². The van der Waals surface area contributed by atoms with Crippen LogP contribution in [0.4, 0.5) is 5.69 Å². The minimum absolute atomic E-state index is 0.00349. The highest BCUT2D eigenvalue weighted by molar-refractivity contribution is 7.87. The van der Waals surface area contributed by atoms with Gasteiger partial charge in [-0.25, -0.2) is 0 Å². The first-order valence-corrected chi connectivity index (χ1v) is 8.22. The molecular weight excluding hydrogens is 349 g/mol. The van der Waals surface area contributed by atoms with Crippen LogP contribution >= 0.6 is 23.2 Å². The Labute approximate surface area is 137 Å². The number of carbonyl (C=O) groups is 1. The van der Waals surface area contributed by atoms with Gasteiger partial charge in [-0.3, -0.25) is 4.79 Å². The zero-order valence-electron chi connectivity index (χ0n) is 11.3. The van der Waals surface area contributed by atoms with Gasteiger partial charge in [0.2, 0.25) is 5.91 Å². The minimum Gasteiger partial charge on any atom is -0.377 e. The van der Waals surface area contributed by atoms with Crippen molar-refractivity contribution < 1.29 is 17.4 Å². The summed E-state index contributed by atoms with van der Waals surface area (Å²) in [5.74, 6) is -0.341. The molecule has 0 bridgehead atoms. The van der Waals surface area contributed by atoms with E-state index in [4.69, 9.17) is 27.4 Å². The van der Waals surface area contributed by atoms with Crippen molar-refractivity contribution in [3.05, 3.63) is 52.5 Å². The third-order valence-electron chi connectivity index (χ3n) is 2.58. The van der Waals surface area contributed by atoms with Crippen LogP contribution in [0.15, 0.2) is 47.4 Å². The van der Waals surface area contributed by atoms with Crippen LogP contribution in [0, 0.1) is 0 Å². The van der Waals surface area contributed by atoms with Gasteiger partial charge in [-0.1, -0.05) is 35.3 Å². The predicted octanol–water partition coefficient (Wildman–Crippen LogP) is 3.72. The van der Waals surface area contributed by atoms with Gasteiger partial charge in [0.05, 0.1) is 15.7 Å². The summed E-state index contributed by atoms with van der Waals surface area (Å²) >= 11 is 11.6. The Morgan fingerprint density at radius 1 is 1.09 bits per heavy atom. The number of hydrogen-bond donors (Lipinski definition) is 1. The molecule has 0 aliphatic carbocycles. The first-order valence-electron chi connectivity index (χ1n) is 6.06. The van der Waals surface area contributed by atoms with Gasteiger partial charge in [0.1, 0.15) is 4.90 Å². The van der Waals surface area contributed by atoms with E-state index in [0.29, 0.717) is 0 Å². The molecule has 0 fully saturated rings. The van der Waals surface area contributed by atoms with Crippen molar-refractivity contribution in [2.75, 3.05) is 5.32 Å². The van der Waals surface area contributed by atoms with E-state index in [2.05, 4.69) is 5.32 Å². The summed E-state index contributed by atoms with van der Waals surface area (Å²) < 4.78 is 29.6. The first-order chi connectivity index (χ1) is 10.3. The largest absolute Gasteiger partial charge is 0.377 e. The van der Waals surface area contributed by atoms with Crippen molar-refractivity contribution in [1.29, 1.82) is 0 Å². The van der Waals surface area contributed by atoms with Gasteiger partial charge in [0, 0.05) is 6.92 Å². The lowest BCUT2D eigenvalue weighted by Gasteiger charge is -2.11. The van der Waals surface area contributed by atoms with Crippen molar-refractivity contribution in [3.8, 4) is 5.75 Å². The summed E-state index contributed by atoms with van der Waals surface area (Å²) in [6.07, 6.45) is 0. The number of amides is 1. The van der Waals surface area contributed by atoms with E-state index in [-0.39, 0.29) is 32.3 Å². The summed E-state index contributed by atoms with van der Waals surface area (Å²) in [5, 5.41) is 2.83. The van der Waals surface area contributed by atoms with Gasteiger partial charge in [-0.05, 0) is 30.3 Å². The normalized spacial score (nSPS) is 11.0. The molecule has 2 aromatic rings. The van der Waals surface area contributed by atoms with Crippen LogP contribution in [0.25, 0.3) is 0 Å². The molecule has 0 unspecified atom stereocenters. The molecule has 2 rings (SSSR count). The Bertz CT molecular complexity index is 821. The molecule has 1 N–H and O–H groups in total. The molecule has 5 nitrogen and oxygen atoms in total. The summed E-state index contributed by atoms with van der Waals surface area (Å²) in [6, 6.07) is 10.0. The number of para-hydroxylation sites is 2. The van der Waals surface area contributed by atoms with Crippen LogP contribution in [0.3, 0.4) is 0 Å². The van der Waals surface area contributed by atoms with Crippen LogP contribution in [0.2, 0.25) is 10.0 Å². The van der Waals surface area contributed by atoms with E-state index in [1.807, 2.05) is 0 Å². The van der Waals surface area contributed by atoms with Crippen molar-refractivity contribution >= 4 is 44.9 Å². The van der Waals surface area contributed by atoms with Crippen LogP contribution in [-0.4, -0.2) is 14.3 Å². The number of rotatable bonds is 4. The number of carbonyl (C=O) groups excluding carboxylic acids is 1. The molecule has 22 heavy (non-hydrogen) atoms. The van der Waals surface area contributed by atoms with Gasteiger partial charge in [0.25, 0.3) is 0 Å². The third kappa shape index (κ3) is 3.91. The average molecular weight is 360 g/mol. The van der Waals surface area contributed by atoms with Gasteiger partial charge in [-0.2, -0.15) is 8.42 Å². The monoisotopic (exact) mass is 359 g/mol. The lowest BCUT2D eigenvalue weighted by molar-refractivity contribution is -0.114. The lowest BCUT2D eigenvalue weighted by Crippen LogP contribution is -2.13. The fourth-order valence-corrected chi connectivity index (χ4v) is 2.97. The molecular formula is C14H11Cl2NO4S. The maximum Gasteiger partial charge on any atom is 0.339 e. The van der Waals surface area contributed by atoms with E-state index in [0.717, 1.165) is 0 Å². The Morgan fingerprint density at radius 3 is 2.41 bits per heavy atom. The van der Waals surface area contributed by atoms with Gasteiger partial charge >= 0.3 is 10.1 Å². The second-order valence-electron chi connectivity index (χ2n) is 4.29. The molecule has 0 heterocycles. The highest BCUT2D eigenvalue weighted by atomic mass is 35.5. The standard InChI is InChI=1S/C14H11Cl2NO4S/c1-9(18)17-13-4-2-3-5-14(13)21-22(19,20)10-6-7-11(15)12(16)8-10/h2-8H,1H3,(H,17,18).